The van der Waals surface area contributed by atoms with E-state index in [9.17, 15) is 23.3 Å². The summed E-state index contributed by atoms with van der Waals surface area (Å²) in [4.78, 5) is 20.2. The Kier molecular flexibility index (Phi) is 4.50. The standard InChI is InChI=1S/C11H13N3O6S/c15-8-12-11-7-13(5-6-20-11)21(18,19)10-4-2-1-3-9(10)14(16)17/h1-4,8,11H,5-7H2,(H,12,15). The van der Waals surface area contributed by atoms with Gasteiger partial charge in [0.2, 0.25) is 16.4 Å². The lowest BCUT2D eigenvalue weighted by Gasteiger charge is -2.31. The van der Waals surface area contributed by atoms with E-state index in [1.807, 2.05) is 0 Å². The largest absolute Gasteiger partial charge is 0.356 e. The molecular formula is C11H13N3O6S. The normalized spacial score (nSPS) is 19.9. The molecule has 9 nitrogen and oxygen atoms in total. The van der Waals surface area contributed by atoms with Crippen LogP contribution < -0.4 is 5.32 Å². The first-order valence-corrected chi connectivity index (χ1v) is 7.45. The molecule has 1 N–H and O–H groups in total. The van der Waals surface area contributed by atoms with E-state index in [-0.39, 0.29) is 24.6 Å². The number of ether oxygens (including phenoxy) is 1. The molecule has 0 radical (unpaired) electrons. The molecular weight excluding hydrogens is 302 g/mol. The van der Waals surface area contributed by atoms with Crippen molar-refractivity contribution in [2.24, 2.45) is 0 Å². The van der Waals surface area contributed by atoms with E-state index in [1.54, 1.807) is 0 Å². The number of nitro groups is 1. The summed E-state index contributed by atoms with van der Waals surface area (Å²) < 4.78 is 31.3. The quantitative estimate of drug-likeness (QED) is 0.452. The van der Waals surface area contributed by atoms with Gasteiger partial charge in [0.05, 0.1) is 18.1 Å². The van der Waals surface area contributed by atoms with Gasteiger partial charge in [0.15, 0.2) is 4.90 Å². The molecule has 0 aliphatic carbocycles. The van der Waals surface area contributed by atoms with Gasteiger partial charge >= 0.3 is 0 Å². The number of sulfonamides is 1. The molecule has 21 heavy (non-hydrogen) atoms. The van der Waals surface area contributed by atoms with E-state index in [2.05, 4.69) is 5.32 Å². The highest BCUT2D eigenvalue weighted by molar-refractivity contribution is 7.89. The van der Waals surface area contributed by atoms with E-state index in [0.29, 0.717) is 6.41 Å². The van der Waals surface area contributed by atoms with Crippen LogP contribution in [0.15, 0.2) is 29.2 Å². The van der Waals surface area contributed by atoms with Crippen molar-refractivity contribution in [3.05, 3.63) is 34.4 Å². The lowest BCUT2D eigenvalue weighted by molar-refractivity contribution is -0.387. The smallest absolute Gasteiger partial charge is 0.289 e. The zero-order valence-corrected chi connectivity index (χ0v) is 11.7. The van der Waals surface area contributed by atoms with Crippen molar-refractivity contribution in [2.45, 2.75) is 11.1 Å². The van der Waals surface area contributed by atoms with Crippen molar-refractivity contribution in [2.75, 3.05) is 19.7 Å². The van der Waals surface area contributed by atoms with Crippen LogP contribution >= 0.6 is 0 Å². The van der Waals surface area contributed by atoms with Crippen molar-refractivity contribution in [3.63, 3.8) is 0 Å². The van der Waals surface area contributed by atoms with Crippen LogP contribution in [0.25, 0.3) is 0 Å². The van der Waals surface area contributed by atoms with Gasteiger partial charge in [-0.3, -0.25) is 14.9 Å². The first-order chi connectivity index (χ1) is 9.96. The number of morpholine rings is 1. The van der Waals surface area contributed by atoms with Gasteiger partial charge in [-0.25, -0.2) is 8.42 Å². The molecule has 1 aliphatic heterocycles. The number of carbonyl (C=O) groups excluding carboxylic acids is 1. The lowest BCUT2D eigenvalue weighted by Crippen LogP contribution is -2.50. The van der Waals surface area contributed by atoms with Crippen molar-refractivity contribution in [1.29, 1.82) is 0 Å². The second kappa shape index (κ2) is 6.16. The number of rotatable bonds is 5. The molecule has 0 saturated carbocycles. The van der Waals surface area contributed by atoms with Crippen molar-refractivity contribution in [3.8, 4) is 0 Å². The maximum Gasteiger partial charge on any atom is 0.289 e. The Bertz CT molecular complexity index is 647. The number of benzene rings is 1. The van der Waals surface area contributed by atoms with E-state index in [0.717, 1.165) is 10.4 Å². The molecule has 1 unspecified atom stereocenters. The third-order valence-corrected chi connectivity index (χ3v) is 4.88. The summed E-state index contributed by atoms with van der Waals surface area (Å²) in [6.45, 7) is 0.0455. The first kappa shape index (κ1) is 15.4. The summed E-state index contributed by atoms with van der Waals surface area (Å²) in [5, 5.41) is 13.3. The fourth-order valence-electron chi connectivity index (χ4n) is 1.99. The SMILES string of the molecule is O=CNC1CN(S(=O)(=O)c2ccccc2[N+](=O)[O-])CCO1. The molecule has 114 valence electrons. The van der Waals surface area contributed by atoms with Crippen LogP contribution in [0.1, 0.15) is 0 Å². The number of carbonyl (C=O) groups is 1. The third-order valence-electron chi connectivity index (χ3n) is 2.96. The lowest BCUT2D eigenvalue weighted by atomic mass is 10.3. The minimum atomic E-state index is -4.03. The van der Waals surface area contributed by atoms with E-state index in [1.165, 1.54) is 18.2 Å². The topological polar surface area (TPSA) is 119 Å². The second-order valence-corrected chi connectivity index (χ2v) is 6.14. The minimum Gasteiger partial charge on any atom is -0.356 e. The Morgan fingerprint density at radius 1 is 1.43 bits per heavy atom. The molecule has 10 heteroatoms. The van der Waals surface area contributed by atoms with E-state index >= 15 is 0 Å². The Balaban J connectivity index is 2.34. The highest BCUT2D eigenvalue weighted by atomic mass is 32.2. The molecule has 1 fully saturated rings. The van der Waals surface area contributed by atoms with Crippen LogP contribution in [0.5, 0.6) is 0 Å². The zero-order chi connectivity index (χ0) is 15.5. The molecule has 2 rings (SSSR count). The van der Waals surface area contributed by atoms with Gasteiger partial charge in [-0.15, -0.1) is 0 Å². The molecule has 0 bridgehead atoms. The second-order valence-electron chi connectivity index (χ2n) is 4.23. The van der Waals surface area contributed by atoms with Crippen molar-refractivity contribution < 1.29 is 22.9 Å². The molecule has 0 spiro atoms. The fraction of sp³-hybridized carbons (Fsp3) is 0.364. The summed E-state index contributed by atoms with van der Waals surface area (Å²) in [5.41, 5.74) is -0.483. The molecule has 0 aromatic heterocycles. The Morgan fingerprint density at radius 2 is 2.14 bits per heavy atom. The van der Waals surface area contributed by atoms with Gasteiger partial charge < -0.3 is 10.1 Å². The summed E-state index contributed by atoms with van der Waals surface area (Å²) in [6, 6.07) is 5.13. The highest BCUT2D eigenvalue weighted by Gasteiger charge is 2.34. The Morgan fingerprint density at radius 3 is 2.81 bits per heavy atom. The minimum absolute atomic E-state index is 0.0609. The summed E-state index contributed by atoms with van der Waals surface area (Å²) in [7, 11) is -4.03. The fourth-order valence-corrected chi connectivity index (χ4v) is 3.57. The maximum absolute atomic E-state index is 12.5. The van der Waals surface area contributed by atoms with Crippen LogP contribution in [-0.2, 0) is 19.6 Å². The summed E-state index contributed by atoms with van der Waals surface area (Å²) in [6.07, 6.45) is -0.361. The van der Waals surface area contributed by atoms with E-state index in [4.69, 9.17) is 4.74 Å². The van der Waals surface area contributed by atoms with Crippen LogP contribution in [0.4, 0.5) is 5.69 Å². The number of para-hydroxylation sites is 1. The molecule has 1 aliphatic rings. The number of nitrogens with one attached hydrogen (secondary N) is 1. The number of nitro benzene ring substituents is 1. The van der Waals surface area contributed by atoms with Gasteiger partial charge in [0.1, 0.15) is 6.23 Å². The number of hydrogen-bond donors (Lipinski definition) is 1. The Labute approximate surface area is 120 Å². The maximum atomic E-state index is 12.5. The Hall–Kier alpha value is -2.04. The van der Waals surface area contributed by atoms with Crippen LogP contribution in [0, 0.1) is 10.1 Å². The molecule has 1 heterocycles. The first-order valence-electron chi connectivity index (χ1n) is 6.01. The van der Waals surface area contributed by atoms with Gasteiger partial charge in [0.25, 0.3) is 5.69 Å². The van der Waals surface area contributed by atoms with Gasteiger partial charge in [0, 0.05) is 12.6 Å². The van der Waals surface area contributed by atoms with Crippen LogP contribution in [-0.4, -0.2) is 50.0 Å². The highest BCUT2D eigenvalue weighted by Crippen LogP contribution is 2.27. The third kappa shape index (κ3) is 3.17. The summed E-state index contributed by atoms with van der Waals surface area (Å²) in [5.74, 6) is 0. The van der Waals surface area contributed by atoms with Crippen molar-refractivity contribution >= 4 is 22.1 Å². The average molecular weight is 315 g/mol. The van der Waals surface area contributed by atoms with Crippen LogP contribution in [0.3, 0.4) is 0 Å². The molecule has 1 aromatic carbocycles. The predicted octanol–water partition coefficient (Wildman–Crippen LogP) is -0.312. The van der Waals surface area contributed by atoms with Gasteiger partial charge in [-0.05, 0) is 6.07 Å². The van der Waals surface area contributed by atoms with Gasteiger partial charge in [-0.2, -0.15) is 4.31 Å². The summed E-state index contributed by atoms with van der Waals surface area (Å²) >= 11 is 0. The van der Waals surface area contributed by atoms with Gasteiger partial charge in [-0.1, -0.05) is 12.1 Å². The van der Waals surface area contributed by atoms with Crippen molar-refractivity contribution in [1.82, 2.24) is 9.62 Å². The molecule has 1 saturated heterocycles. The number of nitrogens with zero attached hydrogens (tertiary/aromatic N) is 2. The van der Waals surface area contributed by atoms with E-state index < -0.39 is 26.9 Å². The number of amides is 1. The van der Waals surface area contributed by atoms with Crippen LogP contribution in [0.2, 0.25) is 0 Å². The average Bonchev–Trinajstić information content (AvgIpc) is 2.48. The zero-order valence-electron chi connectivity index (χ0n) is 10.8. The molecule has 1 atom stereocenters. The predicted molar refractivity (Wildman–Crippen MR) is 70.8 cm³/mol. The molecule has 1 amide bonds. The monoisotopic (exact) mass is 315 g/mol. The number of hydrogen-bond acceptors (Lipinski definition) is 6. The molecule has 1 aromatic rings.